The normalized spacial score (nSPS) is 23.1. The fourth-order valence-corrected chi connectivity index (χ4v) is 3.33. The molecule has 4 nitrogen and oxygen atoms in total. The molecular weight excluding hydrogens is 250 g/mol. The lowest BCUT2D eigenvalue weighted by molar-refractivity contribution is 0.0712. The van der Waals surface area contributed by atoms with E-state index in [0.29, 0.717) is 24.6 Å². The minimum atomic E-state index is -0.868. The van der Waals surface area contributed by atoms with Crippen LogP contribution in [0.3, 0.4) is 0 Å². The van der Waals surface area contributed by atoms with Gasteiger partial charge in [0.05, 0.1) is 4.75 Å². The lowest BCUT2D eigenvalue weighted by Gasteiger charge is -2.36. The van der Waals surface area contributed by atoms with E-state index in [1.807, 2.05) is 27.7 Å². The molecule has 1 saturated heterocycles. The van der Waals surface area contributed by atoms with E-state index in [-0.39, 0.29) is 10.7 Å². The molecule has 1 fully saturated rings. The van der Waals surface area contributed by atoms with Gasteiger partial charge < -0.3 is 9.32 Å². The molecule has 0 aromatic carbocycles. The second-order valence-electron chi connectivity index (χ2n) is 5.39. The number of nitrogens with zero attached hydrogens (tertiary/aromatic N) is 1. The van der Waals surface area contributed by atoms with Gasteiger partial charge in [0.1, 0.15) is 5.76 Å². The Morgan fingerprint density at radius 2 is 2.11 bits per heavy atom. The molecule has 1 aliphatic rings. The first-order valence-corrected chi connectivity index (χ1v) is 7.38. The van der Waals surface area contributed by atoms with Crippen LogP contribution in [0, 0.1) is 13.8 Å². The van der Waals surface area contributed by atoms with Crippen LogP contribution in [0.25, 0.3) is 0 Å². The minimum absolute atomic E-state index is 0.101. The Balaban J connectivity index is 2.18. The number of carbonyl (C=O) groups excluding carboxylic acids is 1. The van der Waals surface area contributed by atoms with Crippen molar-refractivity contribution in [2.45, 2.75) is 32.4 Å². The summed E-state index contributed by atoms with van der Waals surface area (Å²) in [6.07, 6.45) is 0. The highest BCUT2D eigenvalue weighted by Gasteiger charge is 2.36. The molecule has 5 heteroatoms. The van der Waals surface area contributed by atoms with Crippen LogP contribution < -0.4 is 0 Å². The summed E-state index contributed by atoms with van der Waals surface area (Å²) >= 11 is 0. The molecule has 1 amide bonds. The van der Waals surface area contributed by atoms with Gasteiger partial charge in [0.2, 0.25) is 0 Å². The van der Waals surface area contributed by atoms with Crippen LogP contribution in [0.4, 0.5) is 0 Å². The number of hydrogen-bond donors (Lipinski definition) is 0. The van der Waals surface area contributed by atoms with Gasteiger partial charge >= 0.3 is 0 Å². The first-order valence-electron chi connectivity index (χ1n) is 6.06. The summed E-state index contributed by atoms with van der Waals surface area (Å²) < 4.78 is 16.9. The monoisotopic (exact) mass is 269 g/mol. The Bertz CT molecular complexity index is 485. The fraction of sp³-hybridized carbons (Fsp3) is 0.615. The van der Waals surface area contributed by atoms with Crippen LogP contribution in [0.2, 0.25) is 0 Å². The quantitative estimate of drug-likeness (QED) is 0.782. The Morgan fingerprint density at radius 3 is 2.61 bits per heavy atom. The number of carbonyl (C=O) groups is 1. The molecule has 1 aromatic heterocycles. The second-order valence-corrected chi connectivity index (χ2v) is 7.59. The topological polar surface area (TPSA) is 50.5 Å². The van der Waals surface area contributed by atoms with Gasteiger partial charge in [-0.2, -0.15) is 0 Å². The van der Waals surface area contributed by atoms with Gasteiger partial charge in [0.15, 0.2) is 5.76 Å². The molecule has 1 unspecified atom stereocenters. The molecule has 1 aromatic rings. The van der Waals surface area contributed by atoms with E-state index in [9.17, 15) is 9.00 Å². The van der Waals surface area contributed by atoms with E-state index in [0.717, 1.165) is 11.3 Å². The molecule has 0 N–H and O–H groups in total. The minimum Gasteiger partial charge on any atom is -0.456 e. The predicted octanol–water partition coefficient (Wildman–Crippen LogP) is 1.88. The van der Waals surface area contributed by atoms with E-state index in [1.165, 1.54) is 0 Å². The van der Waals surface area contributed by atoms with E-state index in [4.69, 9.17) is 4.42 Å². The average molecular weight is 269 g/mol. The summed E-state index contributed by atoms with van der Waals surface area (Å²) in [7, 11) is -0.868. The summed E-state index contributed by atoms with van der Waals surface area (Å²) in [4.78, 5) is 14.0. The second kappa shape index (κ2) is 4.53. The van der Waals surface area contributed by atoms with Gasteiger partial charge in [0.25, 0.3) is 5.91 Å². The maximum absolute atomic E-state index is 12.3. The standard InChI is InChI=1S/C13H19NO3S/c1-9-7-11(17-10(9)2)12(15)14-5-6-18(16)13(3,4)8-14/h7H,5-6,8H2,1-4H3. The molecule has 100 valence electrons. The zero-order valence-electron chi connectivity index (χ0n) is 11.3. The lowest BCUT2D eigenvalue weighted by Crippen LogP contribution is -2.52. The van der Waals surface area contributed by atoms with Crippen LogP contribution in [0.15, 0.2) is 10.5 Å². The zero-order chi connectivity index (χ0) is 13.5. The van der Waals surface area contributed by atoms with Crippen LogP contribution in [-0.2, 0) is 10.8 Å². The lowest BCUT2D eigenvalue weighted by atomic mass is 10.1. The largest absolute Gasteiger partial charge is 0.456 e. The molecule has 0 spiro atoms. The summed E-state index contributed by atoms with van der Waals surface area (Å²) in [6.45, 7) is 8.68. The first kappa shape index (κ1) is 13.3. The molecular formula is C13H19NO3S. The van der Waals surface area contributed by atoms with Crippen molar-refractivity contribution in [3.8, 4) is 0 Å². The summed E-state index contributed by atoms with van der Waals surface area (Å²) in [5, 5.41) is 0. The van der Waals surface area contributed by atoms with Crippen LogP contribution >= 0.6 is 0 Å². The third kappa shape index (κ3) is 2.36. The number of rotatable bonds is 1. The summed E-state index contributed by atoms with van der Waals surface area (Å²) in [5.41, 5.74) is 0.984. The van der Waals surface area contributed by atoms with E-state index < -0.39 is 10.8 Å². The molecule has 0 bridgehead atoms. The zero-order valence-corrected chi connectivity index (χ0v) is 12.1. The Labute approximate surface area is 110 Å². The van der Waals surface area contributed by atoms with Gasteiger partial charge in [-0.05, 0) is 39.3 Å². The maximum Gasteiger partial charge on any atom is 0.289 e. The van der Waals surface area contributed by atoms with Gasteiger partial charge in [-0.1, -0.05) is 0 Å². The smallest absolute Gasteiger partial charge is 0.289 e. The molecule has 2 heterocycles. The van der Waals surface area contributed by atoms with Crippen molar-refractivity contribution in [1.82, 2.24) is 4.90 Å². The predicted molar refractivity (Wildman–Crippen MR) is 71.2 cm³/mol. The number of hydrogen-bond acceptors (Lipinski definition) is 3. The Kier molecular flexibility index (Phi) is 3.36. The van der Waals surface area contributed by atoms with Crippen LogP contribution in [0.1, 0.15) is 35.7 Å². The van der Waals surface area contributed by atoms with Crippen LogP contribution in [0.5, 0.6) is 0 Å². The molecule has 0 aliphatic carbocycles. The highest BCUT2D eigenvalue weighted by atomic mass is 32.2. The molecule has 1 atom stereocenters. The van der Waals surface area contributed by atoms with Crippen molar-refractivity contribution >= 4 is 16.7 Å². The van der Waals surface area contributed by atoms with Crippen LogP contribution in [-0.4, -0.2) is 38.6 Å². The van der Waals surface area contributed by atoms with E-state index >= 15 is 0 Å². The van der Waals surface area contributed by atoms with E-state index in [2.05, 4.69) is 0 Å². The average Bonchev–Trinajstić information content (AvgIpc) is 2.62. The van der Waals surface area contributed by atoms with Crippen molar-refractivity contribution < 1.29 is 13.4 Å². The maximum atomic E-state index is 12.3. The first-order chi connectivity index (χ1) is 8.31. The molecule has 18 heavy (non-hydrogen) atoms. The van der Waals surface area contributed by atoms with Crippen molar-refractivity contribution in [3.63, 3.8) is 0 Å². The van der Waals surface area contributed by atoms with Crippen molar-refractivity contribution in [2.75, 3.05) is 18.8 Å². The third-order valence-corrected chi connectivity index (χ3v) is 5.31. The highest BCUT2D eigenvalue weighted by molar-refractivity contribution is 7.86. The fourth-order valence-electron chi connectivity index (χ4n) is 2.09. The number of aryl methyl sites for hydroxylation is 2. The molecule has 0 saturated carbocycles. The summed E-state index contributed by atoms with van der Waals surface area (Å²) in [6, 6.07) is 1.77. The third-order valence-electron chi connectivity index (χ3n) is 3.40. The number of amides is 1. The van der Waals surface area contributed by atoms with Gasteiger partial charge in [-0.3, -0.25) is 9.00 Å². The van der Waals surface area contributed by atoms with Crippen molar-refractivity contribution in [1.29, 1.82) is 0 Å². The summed E-state index contributed by atoms with van der Waals surface area (Å²) in [5.74, 6) is 1.60. The molecule has 0 radical (unpaired) electrons. The SMILES string of the molecule is Cc1cc(C(=O)N2CCS(=O)C(C)(C)C2)oc1C. The Hall–Kier alpha value is -1.10. The molecule has 1 aliphatic heterocycles. The van der Waals surface area contributed by atoms with E-state index in [1.54, 1.807) is 11.0 Å². The Morgan fingerprint density at radius 1 is 1.44 bits per heavy atom. The van der Waals surface area contributed by atoms with Gasteiger partial charge in [-0.15, -0.1) is 0 Å². The highest BCUT2D eigenvalue weighted by Crippen LogP contribution is 2.23. The number of furan rings is 1. The van der Waals surface area contributed by atoms with Gasteiger partial charge in [0, 0.05) is 29.6 Å². The van der Waals surface area contributed by atoms with Gasteiger partial charge in [-0.25, -0.2) is 0 Å². The molecule has 2 rings (SSSR count). The van der Waals surface area contributed by atoms with Crippen molar-refractivity contribution in [3.05, 3.63) is 23.2 Å². The van der Waals surface area contributed by atoms with Crippen molar-refractivity contribution in [2.24, 2.45) is 0 Å².